The van der Waals surface area contributed by atoms with E-state index in [9.17, 15) is 4.79 Å². The molecule has 1 saturated heterocycles. The molecule has 1 aliphatic rings. The van der Waals surface area contributed by atoms with Gasteiger partial charge in [-0.15, -0.1) is 0 Å². The average Bonchev–Trinajstić information content (AvgIpc) is 3.27. The van der Waals surface area contributed by atoms with Crippen molar-refractivity contribution >= 4 is 17.6 Å². The molecule has 0 unspecified atom stereocenters. The SMILES string of the molecule is CN=C(NCCOc1cccc(NC(C)=O)c1)NCc1ccc(CN2CCCC2)cc1. The highest BCUT2D eigenvalue weighted by Gasteiger charge is 2.11. The van der Waals surface area contributed by atoms with Crippen molar-refractivity contribution in [3.8, 4) is 5.75 Å². The first-order chi connectivity index (χ1) is 15.1. The van der Waals surface area contributed by atoms with Gasteiger partial charge in [-0.3, -0.25) is 14.7 Å². The maximum atomic E-state index is 11.2. The predicted molar refractivity (Wildman–Crippen MR) is 125 cm³/mol. The molecule has 0 aliphatic carbocycles. The summed E-state index contributed by atoms with van der Waals surface area (Å²) in [5.41, 5.74) is 3.31. The summed E-state index contributed by atoms with van der Waals surface area (Å²) in [6.07, 6.45) is 2.64. The van der Waals surface area contributed by atoms with E-state index in [0.29, 0.717) is 25.4 Å². The maximum Gasteiger partial charge on any atom is 0.221 e. The van der Waals surface area contributed by atoms with Gasteiger partial charge >= 0.3 is 0 Å². The van der Waals surface area contributed by atoms with Crippen LogP contribution in [-0.4, -0.2) is 50.1 Å². The normalized spacial score (nSPS) is 14.3. The molecule has 0 aromatic heterocycles. The number of carbonyl (C=O) groups excluding carboxylic acids is 1. The predicted octanol–water partition coefficient (Wildman–Crippen LogP) is 2.98. The third kappa shape index (κ3) is 7.94. The monoisotopic (exact) mass is 423 g/mol. The van der Waals surface area contributed by atoms with E-state index in [1.807, 2.05) is 24.3 Å². The largest absolute Gasteiger partial charge is 0.492 e. The zero-order valence-corrected chi connectivity index (χ0v) is 18.5. The Bertz CT molecular complexity index is 861. The summed E-state index contributed by atoms with van der Waals surface area (Å²) >= 11 is 0. The molecule has 0 radical (unpaired) electrons. The fourth-order valence-corrected chi connectivity index (χ4v) is 3.57. The third-order valence-corrected chi connectivity index (χ3v) is 5.13. The van der Waals surface area contributed by atoms with Crippen LogP contribution < -0.4 is 20.7 Å². The van der Waals surface area contributed by atoms with Crippen LogP contribution in [0, 0.1) is 0 Å². The fraction of sp³-hybridized carbons (Fsp3) is 0.417. The molecule has 1 aliphatic heterocycles. The van der Waals surface area contributed by atoms with Gasteiger partial charge in [0.05, 0.1) is 6.54 Å². The molecule has 31 heavy (non-hydrogen) atoms. The van der Waals surface area contributed by atoms with Crippen LogP contribution in [0.2, 0.25) is 0 Å². The Hall–Kier alpha value is -3.06. The molecule has 2 aromatic rings. The quantitative estimate of drug-likeness (QED) is 0.328. The van der Waals surface area contributed by atoms with Crippen LogP contribution in [0.1, 0.15) is 30.9 Å². The molecule has 7 heteroatoms. The molecule has 0 spiro atoms. The van der Waals surface area contributed by atoms with Gasteiger partial charge in [-0.25, -0.2) is 0 Å². The summed E-state index contributed by atoms with van der Waals surface area (Å²) in [6.45, 7) is 6.77. The van der Waals surface area contributed by atoms with Crippen LogP contribution in [0.3, 0.4) is 0 Å². The Morgan fingerprint density at radius 3 is 2.52 bits per heavy atom. The highest BCUT2D eigenvalue weighted by atomic mass is 16.5. The van der Waals surface area contributed by atoms with E-state index in [2.05, 4.69) is 50.1 Å². The molecule has 0 bridgehead atoms. The summed E-state index contributed by atoms with van der Waals surface area (Å²) in [6, 6.07) is 16.1. The maximum absolute atomic E-state index is 11.2. The third-order valence-electron chi connectivity index (χ3n) is 5.13. The minimum atomic E-state index is -0.102. The highest BCUT2D eigenvalue weighted by molar-refractivity contribution is 5.88. The molecular formula is C24H33N5O2. The van der Waals surface area contributed by atoms with Crippen molar-refractivity contribution < 1.29 is 9.53 Å². The van der Waals surface area contributed by atoms with Gasteiger partial charge in [0.25, 0.3) is 0 Å². The Kier molecular flexibility index (Phi) is 8.72. The Balaban J connectivity index is 1.36. The van der Waals surface area contributed by atoms with Crippen molar-refractivity contribution in [2.24, 2.45) is 4.99 Å². The summed E-state index contributed by atoms with van der Waals surface area (Å²) in [7, 11) is 1.76. The molecule has 1 fully saturated rings. The smallest absolute Gasteiger partial charge is 0.221 e. The lowest BCUT2D eigenvalue weighted by molar-refractivity contribution is -0.114. The number of hydrogen-bond donors (Lipinski definition) is 3. The van der Waals surface area contributed by atoms with Crippen molar-refractivity contribution in [2.75, 3.05) is 38.6 Å². The summed E-state index contributed by atoms with van der Waals surface area (Å²) in [5.74, 6) is 1.34. The number of amides is 1. The van der Waals surface area contributed by atoms with Gasteiger partial charge in [0, 0.05) is 38.8 Å². The van der Waals surface area contributed by atoms with Crippen molar-refractivity contribution in [3.05, 3.63) is 59.7 Å². The van der Waals surface area contributed by atoms with Gasteiger partial charge < -0.3 is 20.7 Å². The number of benzene rings is 2. The molecule has 3 rings (SSSR count). The van der Waals surface area contributed by atoms with Crippen molar-refractivity contribution in [2.45, 2.75) is 32.9 Å². The van der Waals surface area contributed by atoms with Gasteiger partial charge in [0.15, 0.2) is 5.96 Å². The fourth-order valence-electron chi connectivity index (χ4n) is 3.57. The second kappa shape index (κ2) is 12.0. The van der Waals surface area contributed by atoms with Gasteiger partial charge in [0.1, 0.15) is 12.4 Å². The van der Waals surface area contributed by atoms with Crippen LogP contribution >= 0.6 is 0 Å². The van der Waals surface area contributed by atoms with E-state index < -0.39 is 0 Å². The number of guanidine groups is 1. The molecule has 7 nitrogen and oxygen atoms in total. The van der Waals surface area contributed by atoms with Crippen LogP contribution in [0.15, 0.2) is 53.5 Å². The Labute approximate surface area is 184 Å². The highest BCUT2D eigenvalue weighted by Crippen LogP contribution is 2.17. The molecule has 0 saturated carbocycles. The molecule has 1 heterocycles. The Morgan fingerprint density at radius 1 is 1.06 bits per heavy atom. The number of nitrogens with one attached hydrogen (secondary N) is 3. The zero-order valence-electron chi connectivity index (χ0n) is 18.5. The van der Waals surface area contributed by atoms with Crippen molar-refractivity contribution in [1.29, 1.82) is 0 Å². The molecular weight excluding hydrogens is 390 g/mol. The van der Waals surface area contributed by atoms with Gasteiger partial charge in [-0.1, -0.05) is 30.3 Å². The van der Waals surface area contributed by atoms with Crippen LogP contribution in [-0.2, 0) is 17.9 Å². The van der Waals surface area contributed by atoms with E-state index in [4.69, 9.17) is 4.74 Å². The number of likely N-dealkylation sites (tertiary alicyclic amines) is 1. The van der Waals surface area contributed by atoms with Crippen LogP contribution in [0.4, 0.5) is 5.69 Å². The molecule has 166 valence electrons. The van der Waals surface area contributed by atoms with Gasteiger partial charge in [0.2, 0.25) is 5.91 Å². The topological polar surface area (TPSA) is 78.0 Å². The van der Waals surface area contributed by atoms with Crippen LogP contribution in [0.25, 0.3) is 0 Å². The first kappa shape index (κ1) is 22.6. The summed E-state index contributed by atoms with van der Waals surface area (Å²) < 4.78 is 5.75. The number of ether oxygens (including phenoxy) is 1. The zero-order chi connectivity index (χ0) is 21.9. The number of aliphatic imine (C=N–C) groups is 1. The van der Waals surface area contributed by atoms with Crippen molar-refractivity contribution in [1.82, 2.24) is 15.5 Å². The first-order valence-electron chi connectivity index (χ1n) is 10.9. The number of nitrogens with zero attached hydrogens (tertiary/aromatic N) is 2. The first-order valence-corrected chi connectivity index (χ1v) is 10.9. The molecule has 1 amide bonds. The lowest BCUT2D eigenvalue weighted by atomic mass is 10.1. The number of hydrogen-bond acceptors (Lipinski definition) is 4. The second-order valence-corrected chi connectivity index (χ2v) is 7.71. The van der Waals surface area contributed by atoms with Crippen molar-refractivity contribution in [3.63, 3.8) is 0 Å². The molecule has 0 atom stereocenters. The van der Waals surface area contributed by atoms with E-state index in [-0.39, 0.29) is 5.91 Å². The second-order valence-electron chi connectivity index (χ2n) is 7.71. The molecule has 2 aromatic carbocycles. The lowest BCUT2D eigenvalue weighted by Crippen LogP contribution is -2.38. The molecule has 3 N–H and O–H groups in total. The standard InChI is InChI=1S/C24H33N5O2/c1-19(30)28-22-6-5-7-23(16-22)31-15-12-26-24(25-2)27-17-20-8-10-21(11-9-20)18-29-13-3-4-14-29/h5-11,16H,3-4,12-15,17-18H2,1-2H3,(H,28,30)(H2,25,26,27). The van der Waals surface area contributed by atoms with E-state index in [0.717, 1.165) is 18.2 Å². The minimum absolute atomic E-state index is 0.102. The van der Waals surface area contributed by atoms with E-state index >= 15 is 0 Å². The van der Waals surface area contributed by atoms with Gasteiger partial charge in [-0.2, -0.15) is 0 Å². The number of anilines is 1. The summed E-state index contributed by atoms with van der Waals surface area (Å²) in [5, 5.41) is 9.34. The average molecular weight is 424 g/mol. The van der Waals surface area contributed by atoms with E-state index in [1.54, 1.807) is 7.05 Å². The Morgan fingerprint density at radius 2 is 1.81 bits per heavy atom. The minimum Gasteiger partial charge on any atom is -0.492 e. The van der Waals surface area contributed by atoms with Crippen LogP contribution in [0.5, 0.6) is 5.75 Å². The number of carbonyl (C=O) groups is 1. The van der Waals surface area contributed by atoms with E-state index in [1.165, 1.54) is 44.0 Å². The lowest BCUT2D eigenvalue weighted by Gasteiger charge is -2.15. The summed E-state index contributed by atoms with van der Waals surface area (Å²) in [4.78, 5) is 17.9. The number of rotatable bonds is 9. The van der Waals surface area contributed by atoms with Gasteiger partial charge in [-0.05, 0) is 49.2 Å².